The molecular formula is C35H43N5O4. The zero-order valence-electron chi connectivity index (χ0n) is 26.6. The van der Waals surface area contributed by atoms with Gasteiger partial charge in [0.1, 0.15) is 11.5 Å². The molecule has 6 rings (SSSR count). The number of fused-ring (bicyclic) bond motifs is 1. The Kier molecular flexibility index (Phi) is 8.22. The number of rotatable bonds is 7. The van der Waals surface area contributed by atoms with Crippen LogP contribution in [0.2, 0.25) is 0 Å². The molecule has 9 heteroatoms. The Labute approximate surface area is 259 Å². The quantitative estimate of drug-likeness (QED) is 0.287. The van der Waals surface area contributed by atoms with Gasteiger partial charge >= 0.3 is 5.97 Å². The summed E-state index contributed by atoms with van der Waals surface area (Å²) in [6.07, 6.45) is 1.80. The van der Waals surface area contributed by atoms with Gasteiger partial charge in [0.05, 0.1) is 30.6 Å². The van der Waals surface area contributed by atoms with Crippen LogP contribution >= 0.6 is 0 Å². The summed E-state index contributed by atoms with van der Waals surface area (Å²) >= 11 is 0. The van der Waals surface area contributed by atoms with E-state index in [1.165, 1.54) is 0 Å². The van der Waals surface area contributed by atoms with Gasteiger partial charge in [-0.15, -0.1) is 0 Å². The summed E-state index contributed by atoms with van der Waals surface area (Å²) in [5.74, 6) is -0.0686. The molecule has 3 aromatic heterocycles. The highest BCUT2D eigenvalue weighted by molar-refractivity contribution is 6.00. The molecule has 2 fully saturated rings. The predicted molar refractivity (Wildman–Crippen MR) is 173 cm³/mol. The van der Waals surface area contributed by atoms with Crippen LogP contribution in [0.25, 0.3) is 33.4 Å². The average molecular weight is 598 g/mol. The summed E-state index contributed by atoms with van der Waals surface area (Å²) in [6, 6.07) is 15.1. The molecule has 4 aromatic rings. The van der Waals surface area contributed by atoms with Gasteiger partial charge in [-0.1, -0.05) is 29.8 Å². The number of ether oxygens (including phenoxy) is 2. The molecule has 1 N–H and O–H groups in total. The minimum absolute atomic E-state index is 0.545. The topological polar surface area (TPSA) is 92.9 Å². The lowest BCUT2D eigenvalue weighted by Gasteiger charge is -2.36. The SMILES string of the molecule is Cc1ccc(-c2c([C@H](OC(C)(C)C)C(=O)O)c(C)nc3c2cc(-c2ccnc(N4CCCN(C5COC5)CC4)c2)n3C)cc1. The van der Waals surface area contributed by atoms with Gasteiger partial charge in [0.25, 0.3) is 0 Å². The molecule has 0 unspecified atom stereocenters. The van der Waals surface area contributed by atoms with E-state index < -0.39 is 17.7 Å². The molecule has 9 nitrogen and oxygen atoms in total. The largest absolute Gasteiger partial charge is 0.479 e. The van der Waals surface area contributed by atoms with Gasteiger partial charge in [-0.2, -0.15) is 0 Å². The first-order valence-corrected chi connectivity index (χ1v) is 15.5. The lowest BCUT2D eigenvalue weighted by Crippen LogP contribution is -2.50. The molecule has 232 valence electrons. The summed E-state index contributed by atoms with van der Waals surface area (Å²) < 4.78 is 13.7. The number of pyridine rings is 2. The van der Waals surface area contributed by atoms with Crippen molar-refractivity contribution in [1.29, 1.82) is 0 Å². The Bertz CT molecular complexity index is 1670. The molecule has 2 saturated heterocycles. The molecule has 1 aromatic carbocycles. The zero-order valence-corrected chi connectivity index (χ0v) is 26.6. The second-order valence-corrected chi connectivity index (χ2v) is 13.1. The number of carboxylic acids is 1. The molecule has 5 heterocycles. The van der Waals surface area contributed by atoms with Crippen LogP contribution in [0, 0.1) is 13.8 Å². The number of aliphatic carboxylic acids is 1. The molecule has 0 saturated carbocycles. The van der Waals surface area contributed by atoms with Crippen LogP contribution in [0.4, 0.5) is 5.82 Å². The normalized spacial score (nSPS) is 17.5. The van der Waals surface area contributed by atoms with E-state index in [2.05, 4.69) is 50.8 Å². The van der Waals surface area contributed by atoms with E-state index in [4.69, 9.17) is 19.4 Å². The van der Waals surface area contributed by atoms with Gasteiger partial charge in [0.2, 0.25) is 0 Å². The molecule has 2 aliphatic rings. The first kappa shape index (κ1) is 30.2. The van der Waals surface area contributed by atoms with Crippen LogP contribution in [-0.2, 0) is 21.3 Å². The van der Waals surface area contributed by atoms with Gasteiger partial charge < -0.3 is 24.0 Å². The minimum atomic E-state index is -1.17. The Morgan fingerprint density at radius 3 is 2.43 bits per heavy atom. The maximum atomic E-state index is 12.7. The molecular weight excluding hydrogens is 554 g/mol. The number of carboxylic acid groups (broad SMARTS) is 1. The summed E-state index contributed by atoms with van der Waals surface area (Å²) in [5, 5.41) is 11.3. The average Bonchev–Trinajstić information content (AvgIpc) is 3.10. The highest BCUT2D eigenvalue weighted by Gasteiger charge is 2.33. The van der Waals surface area contributed by atoms with Crippen molar-refractivity contribution >= 4 is 22.8 Å². The van der Waals surface area contributed by atoms with E-state index in [1.54, 1.807) is 0 Å². The van der Waals surface area contributed by atoms with Crippen LogP contribution in [-0.4, -0.2) is 81.5 Å². The van der Waals surface area contributed by atoms with Crippen molar-refractivity contribution in [3.8, 4) is 22.4 Å². The van der Waals surface area contributed by atoms with Crippen molar-refractivity contribution in [2.24, 2.45) is 7.05 Å². The second kappa shape index (κ2) is 12.0. The number of anilines is 1. The first-order chi connectivity index (χ1) is 21.0. The van der Waals surface area contributed by atoms with Gasteiger partial charge in [0.15, 0.2) is 6.10 Å². The van der Waals surface area contributed by atoms with Crippen LogP contribution in [0.3, 0.4) is 0 Å². The summed E-state index contributed by atoms with van der Waals surface area (Å²) in [5.41, 5.74) is 6.29. The maximum Gasteiger partial charge on any atom is 0.337 e. The standard InChI is InChI=1S/C35H43N5O4/c1-22-8-10-24(11-9-22)31-27-19-28(38(6)33(27)37-23(2)30(31)32(34(41)42)44-35(3,4)5)25-12-13-36-29(18-25)40-15-7-14-39(16-17-40)26-20-43-21-26/h8-13,18-19,26,32H,7,14-17,20-21H2,1-6H3,(H,41,42)/t32-/m0/s1. The molecule has 0 aliphatic carbocycles. The number of aromatic nitrogens is 3. The molecule has 0 radical (unpaired) electrons. The number of hydrogen-bond acceptors (Lipinski definition) is 7. The van der Waals surface area contributed by atoms with Gasteiger partial charge in [-0.25, -0.2) is 14.8 Å². The first-order valence-electron chi connectivity index (χ1n) is 15.5. The zero-order chi connectivity index (χ0) is 31.2. The number of aryl methyl sites for hydroxylation is 3. The van der Waals surface area contributed by atoms with E-state index in [-0.39, 0.29) is 0 Å². The number of benzene rings is 1. The molecule has 0 amide bonds. The fourth-order valence-electron chi connectivity index (χ4n) is 6.39. The summed E-state index contributed by atoms with van der Waals surface area (Å²) in [6.45, 7) is 15.2. The summed E-state index contributed by atoms with van der Waals surface area (Å²) in [7, 11) is 2.02. The number of hydrogen-bond donors (Lipinski definition) is 1. The predicted octanol–water partition coefficient (Wildman–Crippen LogP) is 5.77. The van der Waals surface area contributed by atoms with Crippen molar-refractivity contribution in [3.05, 3.63) is 65.5 Å². The second-order valence-electron chi connectivity index (χ2n) is 13.1. The summed E-state index contributed by atoms with van der Waals surface area (Å²) in [4.78, 5) is 27.4. The highest BCUT2D eigenvalue weighted by atomic mass is 16.5. The fraction of sp³-hybridized carbons (Fsp3) is 0.457. The maximum absolute atomic E-state index is 12.7. The van der Waals surface area contributed by atoms with Crippen molar-refractivity contribution in [2.45, 2.75) is 58.8 Å². The monoisotopic (exact) mass is 597 g/mol. The molecule has 1 atom stereocenters. The number of carbonyl (C=O) groups is 1. The van der Waals surface area contributed by atoms with E-state index in [1.807, 2.05) is 53.9 Å². The Morgan fingerprint density at radius 2 is 1.77 bits per heavy atom. The van der Waals surface area contributed by atoms with Crippen LogP contribution < -0.4 is 4.90 Å². The van der Waals surface area contributed by atoms with Crippen LogP contribution in [0.15, 0.2) is 48.7 Å². The van der Waals surface area contributed by atoms with Crippen LogP contribution in [0.1, 0.15) is 50.1 Å². The Balaban J connectivity index is 1.45. The third kappa shape index (κ3) is 5.96. The highest BCUT2D eigenvalue weighted by Crippen LogP contribution is 2.41. The van der Waals surface area contributed by atoms with E-state index >= 15 is 0 Å². The lowest BCUT2D eigenvalue weighted by atomic mass is 9.91. The molecule has 44 heavy (non-hydrogen) atoms. The third-order valence-corrected chi connectivity index (χ3v) is 8.73. The smallest absolute Gasteiger partial charge is 0.337 e. The Morgan fingerprint density at radius 1 is 1.02 bits per heavy atom. The van der Waals surface area contributed by atoms with Gasteiger partial charge in [-0.05, 0) is 64.8 Å². The van der Waals surface area contributed by atoms with Gasteiger partial charge in [0, 0.05) is 67.2 Å². The van der Waals surface area contributed by atoms with Crippen LogP contribution in [0.5, 0.6) is 0 Å². The fourth-order valence-corrected chi connectivity index (χ4v) is 6.39. The van der Waals surface area contributed by atoms with Crippen molar-refractivity contribution in [1.82, 2.24) is 19.4 Å². The van der Waals surface area contributed by atoms with Crippen molar-refractivity contribution in [3.63, 3.8) is 0 Å². The molecule has 2 aliphatic heterocycles. The van der Waals surface area contributed by atoms with Gasteiger partial charge in [-0.3, -0.25) is 4.90 Å². The number of nitrogens with zero attached hydrogens (tertiary/aromatic N) is 5. The lowest BCUT2D eigenvalue weighted by molar-refractivity contribution is -0.160. The van der Waals surface area contributed by atoms with E-state index in [0.717, 1.165) is 90.6 Å². The molecule has 0 spiro atoms. The Hall–Kier alpha value is -3.79. The van der Waals surface area contributed by atoms with E-state index in [0.29, 0.717) is 17.3 Å². The minimum Gasteiger partial charge on any atom is -0.479 e. The molecule has 0 bridgehead atoms. The van der Waals surface area contributed by atoms with Crippen molar-refractivity contribution < 1.29 is 19.4 Å². The van der Waals surface area contributed by atoms with E-state index in [9.17, 15) is 9.90 Å². The van der Waals surface area contributed by atoms with Crippen molar-refractivity contribution in [2.75, 3.05) is 44.3 Å². The third-order valence-electron chi connectivity index (χ3n) is 8.73.